The van der Waals surface area contributed by atoms with Gasteiger partial charge in [0, 0.05) is 5.92 Å². The lowest BCUT2D eigenvalue weighted by Crippen LogP contribution is -2.15. The summed E-state index contributed by atoms with van der Waals surface area (Å²) >= 11 is 0. The molecule has 2 aromatic rings. The highest BCUT2D eigenvalue weighted by atomic mass is 16.5. The van der Waals surface area contributed by atoms with E-state index in [1.54, 1.807) is 0 Å². The van der Waals surface area contributed by atoms with Gasteiger partial charge >= 0.3 is 0 Å². The summed E-state index contributed by atoms with van der Waals surface area (Å²) in [4.78, 5) is 4.52. The monoisotopic (exact) mass is 284 g/mol. The van der Waals surface area contributed by atoms with E-state index in [9.17, 15) is 5.11 Å². The second-order valence-corrected chi connectivity index (χ2v) is 6.36. The fourth-order valence-electron chi connectivity index (χ4n) is 3.26. The lowest BCUT2D eigenvalue weighted by Gasteiger charge is -2.21. The van der Waals surface area contributed by atoms with E-state index in [2.05, 4.69) is 34.4 Å². The fourth-order valence-corrected chi connectivity index (χ4v) is 3.26. The first-order valence-electron chi connectivity index (χ1n) is 7.87. The summed E-state index contributed by atoms with van der Waals surface area (Å²) in [6.07, 6.45) is 5.58. The van der Waals surface area contributed by atoms with Gasteiger partial charge in [0.2, 0.25) is 5.89 Å². The molecule has 0 amide bonds. The van der Waals surface area contributed by atoms with Crippen LogP contribution in [-0.2, 0) is 19.3 Å². The van der Waals surface area contributed by atoms with Crippen molar-refractivity contribution in [1.29, 1.82) is 0 Å². The molecule has 0 aliphatic heterocycles. The number of benzene rings is 1. The Bertz CT molecular complexity index is 633. The van der Waals surface area contributed by atoms with Crippen molar-refractivity contribution < 1.29 is 9.63 Å². The van der Waals surface area contributed by atoms with E-state index in [-0.39, 0.29) is 6.10 Å². The Labute approximate surface area is 124 Å². The first-order valence-corrected chi connectivity index (χ1v) is 7.87. The van der Waals surface area contributed by atoms with Gasteiger partial charge in [-0.25, -0.2) is 0 Å². The quantitative estimate of drug-likeness (QED) is 0.937. The minimum absolute atomic E-state index is 0.314. The van der Waals surface area contributed by atoms with Gasteiger partial charge < -0.3 is 9.63 Å². The average molecular weight is 284 g/mol. The van der Waals surface area contributed by atoms with Gasteiger partial charge in [0.15, 0.2) is 5.82 Å². The summed E-state index contributed by atoms with van der Waals surface area (Å²) < 4.78 is 5.33. The molecule has 1 N–H and O–H groups in total. The summed E-state index contributed by atoms with van der Waals surface area (Å²) in [5.74, 6) is 2.18. The molecular formula is C17H20N2O2. The summed E-state index contributed by atoms with van der Waals surface area (Å²) in [5.41, 5.74) is 2.85. The van der Waals surface area contributed by atoms with E-state index in [0.29, 0.717) is 24.1 Å². The van der Waals surface area contributed by atoms with Gasteiger partial charge in [-0.3, -0.25) is 0 Å². The van der Waals surface area contributed by atoms with Crippen molar-refractivity contribution in [3.05, 3.63) is 47.1 Å². The molecule has 0 bridgehead atoms. The van der Waals surface area contributed by atoms with E-state index in [0.717, 1.165) is 37.9 Å². The van der Waals surface area contributed by atoms with Crippen LogP contribution in [0.5, 0.6) is 0 Å². The first kappa shape index (κ1) is 13.0. The number of aliphatic hydroxyl groups is 1. The molecule has 0 spiro atoms. The molecule has 0 radical (unpaired) electrons. The largest absolute Gasteiger partial charge is 0.392 e. The normalized spacial score (nSPS) is 22.8. The molecule has 2 atom stereocenters. The predicted octanol–water partition coefficient (Wildman–Crippen LogP) is 2.66. The van der Waals surface area contributed by atoms with Crippen LogP contribution in [0.1, 0.15) is 48.0 Å². The smallest absolute Gasteiger partial charge is 0.229 e. The van der Waals surface area contributed by atoms with Crippen molar-refractivity contribution in [2.75, 3.05) is 0 Å². The van der Waals surface area contributed by atoms with Crippen molar-refractivity contribution >= 4 is 0 Å². The summed E-state index contributed by atoms with van der Waals surface area (Å²) in [6, 6.07) is 8.60. The maximum absolute atomic E-state index is 9.96. The molecule has 1 aromatic carbocycles. The Hall–Kier alpha value is -1.68. The second kappa shape index (κ2) is 5.26. The molecule has 2 aliphatic rings. The number of aromatic nitrogens is 2. The Balaban J connectivity index is 1.46. The average Bonchev–Trinajstić information content (AvgIpc) is 3.27. The number of aliphatic hydroxyl groups excluding tert-OH is 1. The van der Waals surface area contributed by atoms with Gasteiger partial charge in [-0.05, 0) is 49.1 Å². The third-order valence-electron chi connectivity index (χ3n) is 4.75. The maximum atomic E-state index is 9.96. The van der Waals surface area contributed by atoms with Crippen molar-refractivity contribution in [3.8, 4) is 0 Å². The van der Waals surface area contributed by atoms with Crippen molar-refractivity contribution in [2.45, 2.75) is 50.5 Å². The molecule has 4 heteroatoms. The van der Waals surface area contributed by atoms with Crippen molar-refractivity contribution in [3.63, 3.8) is 0 Å². The SMILES string of the molecule is OC(Cc1nc(C2CCc3ccccc3C2)no1)C1CC1. The number of hydrogen-bond donors (Lipinski definition) is 1. The van der Waals surface area contributed by atoms with Gasteiger partial charge in [-0.1, -0.05) is 29.4 Å². The molecule has 110 valence electrons. The van der Waals surface area contributed by atoms with Crippen LogP contribution >= 0.6 is 0 Å². The highest BCUT2D eigenvalue weighted by Gasteiger charge is 2.31. The van der Waals surface area contributed by atoms with Gasteiger partial charge in [0.05, 0.1) is 12.5 Å². The van der Waals surface area contributed by atoms with Gasteiger partial charge in [-0.15, -0.1) is 0 Å². The van der Waals surface area contributed by atoms with Crippen LogP contribution in [0, 0.1) is 5.92 Å². The zero-order valence-corrected chi connectivity index (χ0v) is 12.0. The Morgan fingerprint density at radius 2 is 2.00 bits per heavy atom. The Morgan fingerprint density at radius 3 is 2.81 bits per heavy atom. The van der Waals surface area contributed by atoms with Crippen LogP contribution in [-0.4, -0.2) is 21.4 Å². The molecule has 1 fully saturated rings. The summed E-state index contributed by atoms with van der Waals surface area (Å²) in [6.45, 7) is 0. The zero-order chi connectivity index (χ0) is 14.2. The van der Waals surface area contributed by atoms with Crippen molar-refractivity contribution in [1.82, 2.24) is 10.1 Å². The first-order chi connectivity index (χ1) is 10.3. The molecule has 1 aromatic heterocycles. The summed E-state index contributed by atoms with van der Waals surface area (Å²) in [5, 5.41) is 14.1. The Morgan fingerprint density at radius 1 is 1.19 bits per heavy atom. The number of rotatable bonds is 4. The van der Waals surface area contributed by atoms with Gasteiger partial charge in [0.25, 0.3) is 0 Å². The van der Waals surface area contributed by atoms with E-state index in [1.807, 2.05) is 0 Å². The van der Waals surface area contributed by atoms with E-state index < -0.39 is 0 Å². The van der Waals surface area contributed by atoms with Gasteiger partial charge in [-0.2, -0.15) is 4.98 Å². The topological polar surface area (TPSA) is 59.2 Å². The van der Waals surface area contributed by atoms with Crippen molar-refractivity contribution in [2.24, 2.45) is 5.92 Å². The maximum Gasteiger partial charge on any atom is 0.229 e. The third-order valence-corrected chi connectivity index (χ3v) is 4.75. The lowest BCUT2D eigenvalue weighted by molar-refractivity contribution is 0.140. The van der Waals surface area contributed by atoms with E-state index in [1.165, 1.54) is 11.1 Å². The van der Waals surface area contributed by atoms with E-state index >= 15 is 0 Å². The minimum atomic E-state index is -0.314. The molecule has 2 unspecified atom stereocenters. The molecule has 0 saturated heterocycles. The minimum Gasteiger partial charge on any atom is -0.392 e. The number of aryl methyl sites for hydroxylation is 1. The number of nitrogens with zero attached hydrogens (tertiary/aromatic N) is 2. The third kappa shape index (κ3) is 2.72. The molecule has 4 rings (SSSR count). The van der Waals surface area contributed by atoms with Gasteiger partial charge in [0.1, 0.15) is 0 Å². The number of hydrogen-bond acceptors (Lipinski definition) is 4. The second-order valence-electron chi connectivity index (χ2n) is 6.36. The molecule has 1 saturated carbocycles. The molecule has 1 heterocycles. The zero-order valence-electron chi connectivity index (χ0n) is 12.0. The van der Waals surface area contributed by atoms with Crippen LogP contribution in [0.15, 0.2) is 28.8 Å². The molecule has 2 aliphatic carbocycles. The highest BCUT2D eigenvalue weighted by molar-refractivity contribution is 5.31. The van der Waals surface area contributed by atoms with Crippen LogP contribution in [0.2, 0.25) is 0 Å². The number of fused-ring (bicyclic) bond motifs is 1. The Kier molecular flexibility index (Phi) is 3.26. The van der Waals surface area contributed by atoms with Crippen LogP contribution in [0.4, 0.5) is 0 Å². The van der Waals surface area contributed by atoms with E-state index in [4.69, 9.17) is 4.52 Å². The van der Waals surface area contributed by atoms with Crippen LogP contribution < -0.4 is 0 Å². The van der Waals surface area contributed by atoms with Crippen LogP contribution in [0.25, 0.3) is 0 Å². The van der Waals surface area contributed by atoms with Crippen LogP contribution in [0.3, 0.4) is 0 Å². The molecular weight excluding hydrogens is 264 g/mol. The molecule has 4 nitrogen and oxygen atoms in total. The fraction of sp³-hybridized carbons (Fsp3) is 0.529. The highest BCUT2D eigenvalue weighted by Crippen LogP contribution is 2.34. The molecule has 21 heavy (non-hydrogen) atoms. The predicted molar refractivity (Wildman–Crippen MR) is 77.9 cm³/mol. The summed E-state index contributed by atoms with van der Waals surface area (Å²) in [7, 11) is 0. The lowest BCUT2D eigenvalue weighted by atomic mass is 9.83. The standard InChI is InChI=1S/C17H20N2O2/c20-15(12-6-7-12)10-16-18-17(19-21-16)14-8-5-11-3-1-2-4-13(11)9-14/h1-4,12,14-15,20H,5-10H2.